The fraction of sp³-hybridized carbons (Fsp3) is 0.600. The molecule has 0 bridgehead atoms. The molecule has 0 aliphatic carbocycles. The van der Waals surface area contributed by atoms with Crippen LogP contribution in [0.15, 0.2) is 22.7 Å². The Morgan fingerprint density at radius 3 is 2.76 bits per heavy atom. The molecule has 0 aliphatic rings. The Hall–Kier alpha value is -0.590. The molecule has 0 saturated heterocycles. The second-order valence-electron chi connectivity index (χ2n) is 4.85. The molecule has 0 saturated carbocycles. The van der Waals surface area contributed by atoms with E-state index < -0.39 is 13.0 Å². The molecule has 6 heteroatoms. The Kier molecular flexibility index (Phi) is 8.96. The van der Waals surface area contributed by atoms with Crippen molar-refractivity contribution in [2.45, 2.75) is 38.7 Å². The predicted molar refractivity (Wildman–Crippen MR) is 81.3 cm³/mol. The van der Waals surface area contributed by atoms with Crippen molar-refractivity contribution < 1.29 is 17.9 Å². The zero-order valence-electron chi connectivity index (χ0n) is 12.0. The summed E-state index contributed by atoms with van der Waals surface area (Å²) in [7, 11) is 0. The number of hydrogen-bond acceptors (Lipinski definition) is 2. The second kappa shape index (κ2) is 10.2. The Morgan fingerprint density at radius 2 is 2.10 bits per heavy atom. The minimum Gasteiger partial charge on any atom is -0.375 e. The third-order valence-corrected chi connectivity index (χ3v) is 3.50. The van der Waals surface area contributed by atoms with Crippen molar-refractivity contribution in [1.29, 1.82) is 0 Å². The summed E-state index contributed by atoms with van der Waals surface area (Å²) in [5.41, 5.74) is 0.604. The first-order valence-electron chi connectivity index (χ1n) is 7.06. The fourth-order valence-corrected chi connectivity index (χ4v) is 2.40. The molecule has 0 heterocycles. The number of alkyl halides is 2. The number of rotatable bonds is 10. The van der Waals surface area contributed by atoms with Crippen LogP contribution in [0.2, 0.25) is 0 Å². The van der Waals surface area contributed by atoms with Crippen LogP contribution in [0.5, 0.6) is 0 Å². The van der Waals surface area contributed by atoms with E-state index in [1.165, 1.54) is 6.07 Å². The van der Waals surface area contributed by atoms with Crippen LogP contribution in [0.25, 0.3) is 0 Å². The maximum atomic E-state index is 13.8. The highest BCUT2D eigenvalue weighted by Crippen LogP contribution is 2.18. The summed E-state index contributed by atoms with van der Waals surface area (Å²) in [5, 5.41) is 3.30. The van der Waals surface area contributed by atoms with Crippen LogP contribution in [0.4, 0.5) is 13.2 Å². The molecule has 0 aliphatic heterocycles. The Labute approximate surface area is 132 Å². The molecule has 1 rings (SSSR count). The Bertz CT molecular complexity index is 418. The van der Waals surface area contributed by atoms with Gasteiger partial charge >= 0.3 is 0 Å². The first kappa shape index (κ1) is 18.5. The first-order valence-corrected chi connectivity index (χ1v) is 7.85. The Morgan fingerprint density at radius 1 is 1.33 bits per heavy atom. The van der Waals surface area contributed by atoms with Gasteiger partial charge in [0.1, 0.15) is 12.4 Å². The lowest BCUT2D eigenvalue weighted by Crippen LogP contribution is -2.33. The smallest absolute Gasteiger partial charge is 0.261 e. The van der Waals surface area contributed by atoms with Crippen LogP contribution in [-0.4, -0.2) is 32.2 Å². The molecular weight excluding hydrogens is 347 g/mol. The molecular formula is C15H21BrF3NO. The van der Waals surface area contributed by atoms with Crippen molar-refractivity contribution >= 4 is 15.9 Å². The van der Waals surface area contributed by atoms with E-state index >= 15 is 0 Å². The predicted octanol–water partition coefficient (Wildman–Crippen LogP) is 4.17. The summed E-state index contributed by atoms with van der Waals surface area (Å²) in [6, 6.07) is 4.82. The van der Waals surface area contributed by atoms with Gasteiger partial charge in [-0.3, -0.25) is 0 Å². The van der Waals surface area contributed by atoms with Crippen LogP contribution in [0.3, 0.4) is 0 Å². The largest absolute Gasteiger partial charge is 0.375 e. The van der Waals surface area contributed by atoms with Gasteiger partial charge in [0, 0.05) is 17.1 Å². The zero-order valence-corrected chi connectivity index (χ0v) is 13.6. The highest BCUT2D eigenvalue weighted by molar-refractivity contribution is 9.10. The second-order valence-corrected chi connectivity index (χ2v) is 5.76. The summed E-state index contributed by atoms with van der Waals surface area (Å²) in [6.07, 6.45) is -0.424. The van der Waals surface area contributed by atoms with Crippen LogP contribution < -0.4 is 5.32 Å². The summed E-state index contributed by atoms with van der Waals surface area (Å²) < 4.78 is 43.5. The van der Waals surface area contributed by atoms with Crippen molar-refractivity contribution in [3.63, 3.8) is 0 Å². The third kappa shape index (κ3) is 7.83. The summed E-state index contributed by atoms with van der Waals surface area (Å²) in [5.74, 6) is -0.255. The molecule has 0 amide bonds. The fourth-order valence-electron chi connectivity index (χ4n) is 1.99. The van der Waals surface area contributed by atoms with Crippen LogP contribution in [-0.2, 0) is 11.2 Å². The van der Waals surface area contributed by atoms with E-state index in [1.807, 2.05) is 6.92 Å². The molecule has 0 radical (unpaired) electrons. The first-order chi connectivity index (χ1) is 10.0. The van der Waals surface area contributed by atoms with E-state index in [2.05, 4.69) is 21.2 Å². The highest BCUT2D eigenvalue weighted by atomic mass is 79.9. The summed E-state index contributed by atoms with van der Waals surface area (Å²) >= 11 is 3.32. The maximum Gasteiger partial charge on any atom is 0.261 e. The SMILES string of the molecule is CCCNC(CCOCC(F)F)Cc1cc(Br)ccc1F. The molecule has 120 valence electrons. The van der Waals surface area contributed by atoms with Crippen molar-refractivity contribution in [3.05, 3.63) is 34.1 Å². The minimum atomic E-state index is -2.45. The van der Waals surface area contributed by atoms with Gasteiger partial charge in [0.05, 0.1) is 0 Å². The molecule has 2 nitrogen and oxygen atoms in total. The van der Waals surface area contributed by atoms with Crippen molar-refractivity contribution in [2.75, 3.05) is 19.8 Å². The third-order valence-electron chi connectivity index (χ3n) is 3.01. The number of hydrogen-bond donors (Lipinski definition) is 1. The summed E-state index contributed by atoms with van der Waals surface area (Å²) in [6.45, 7) is 2.53. The number of ether oxygens (including phenoxy) is 1. The monoisotopic (exact) mass is 367 g/mol. The van der Waals surface area contributed by atoms with E-state index in [0.717, 1.165) is 17.4 Å². The van der Waals surface area contributed by atoms with Gasteiger partial charge in [-0.05, 0) is 49.6 Å². The van der Waals surface area contributed by atoms with Gasteiger partial charge in [-0.1, -0.05) is 22.9 Å². The maximum absolute atomic E-state index is 13.8. The molecule has 1 aromatic carbocycles. The van der Waals surface area contributed by atoms with E-state index in [0.29, 0.717) is 18.4 Å². The molecule has 1 aromatic rings. The molecule has 0 fully saturated rings. The van der Waals surface area contributed by atoms with Crippen molar-refractivity contribution in [3.8, 4) is 0 Å². The highest BCUT2D eigenvalue weighted by Gasteiger charge is 2.13. The summed E-state index contributed by atoms with van der Waals surface area (Å²) in [4.78, 5) is 0. The van der Waals surface area contributed by atoms with Gasteiger partial charge in [0.15, 0.2) is 0 Å². The lowest BCUT2D eigenvalue weighted by molar-refractivity contribution is 0.0144. The quantitative estimate of drug-likeness (QED) is 0.626. The number of benzene rings is 1. The lowest BCUT2D eigenvalue weighted by atomic mass is 10.0. The average Bonchev–Trinajstić information content (AvgIpc) is 2.44. The van der Waals surface area contributed by atoms with E-state index in [1.54, 1.807) is 12.1 Å². The van der Waals surface area contributed by atoms with Crippen LogP contribution in [0.1, 0.15) is 25.3 Å². The lowest BCUT2D eigenvalue weighted by Gasteiger charge is -2.19. The van der Waals surface area contributed by atoms with Crippen LogP contribution >= 0.6 is 15.9 Å². The molecule has 0 aromatic heterocycles. The van der Waals surface area contributed by atoms with E-state index in [9.17, 15) is 13.2 Å². The standard InChI is InChI=1S/C15H21BrF3NO/c1-2-6-20-13(5-7-21-10-15(18)19)9-11-8-12(16)3-4-14(11)17/h3-4,8,13,15,20H,2,5-7,9-10H2,1H3. The van der Waals surface area contributed by atoms with Gasteiger partial charge in [-0.15, -0.1) is 0 Å². The minimum absolute atomic E-state index is 0.00595. The van der Waals surface area contributed by atoms with Gasteiger partial charge in [0.25, 0.3) is 6.43 Å². The molecule has 1 unspecified atom stereocenters. The van der Waals surface area contributed by atoms with Gasteiger partial charge in [-0.2, -0.15) is 0 Å². The van der Waals surface area contributed by atoms with E-state index in [4.69, 9.17) is 4.74 Å². The van der Waals surface area contributed by atoms with Gasteiger partial charge in [0.2, 0.25) is 0 Å². The Balaban J connectivity index is 2.54. The molecule has 1 N–H and O–H groups in total. The number of halogens is 4. The van der Waals surface area contributed by atoms with Crippen LogP contribution in [0, 0.1) is 5.82 Å². The van der Waals surface area contributed by atoms with Crippen molar-refractivity contribution in [2.24, 2.45) is 0 Å². The topological polar surface area (TPSA) is 21.3 Å². The molecule has 21 heavy (non-hydrogen) atoms. The van der Waals surface area contributed by atoms with Crippen molar-refractivity contribution in [1.82, 2.24) is 5.32 Å². The van der Waals surface area contributed by atoms with Gasteiger partial charge in [-0.25, -0.2) is 13.2 Å². The molecule has 0 spiro atoms. The average molecular weight is 368 g/mol. The van der Waals surface area contributed by atoms with E-state index in [-0.39, 0.29) is 18.5 Å². The normalized spacial score (nSPS) is 12.9. The zero-order chi connectivity index (χ0) is 15.7. The molecule has 1 atom stereocenters. The van der Waals surface area contributed by atoms with Gasteiger partial charge < -0.3 is 10.1 Å². The number of nitrogens with one attached hydrogen (secondary N) is 1.